The molecular formula is C25H32F2N2O3. The maximum absolute atomic E-state index is 14.8. The Hall–Kier alpha value is -2.54. The van der Waals surface area contributed by atoms with E-state index in [1.165, 1.54) is 6.20 Å². The molecule has 32 heavy (non-hydrogen) atoms. The molecule has 3 rings (SSSR count). The molecule has 0 radical (unpaired) electrons. The Morgan fingerprint density at radius 1 is 1.19 bits per heavy atom. The molecule has 0 amide bonds. The summed E-state index contributed by atoms with van der Waals surface area (Å²) in [4.78, 5) is 18.8. The van der Waals surface area contributed by atoms with Gasteiger partial charge in [0.15, 0.2) is 6.10 Å². The number of anilines is 1. The number of benzene rings is 1. The summed E-state index contributed by atoms with van der Waals surface area (Å²) in [5.41, 5.74) is 1.25. The number of hydrogen-bond donors (Lipinski definition) is 1. The molecule has 1 aliphatic heterocycles. The Kier molecular flexibility index (Phi) is 6.61. The fourth-order valence-corrected chi connectivity index (χ4v) is 4.09. The number of pyridine rings is 1. The second-order valence-corrected chi connectivity index (χ2v) is 10.2. The summed E-state index contributed by atoms with van der Waals surface area (Å²) in [7, 11) is 0. The lowest BCUT2D eigenvalue weighted by Crippen LogP contribution is -2.39. The molecule has 174 valence electrons. The van der Waals surface area contributed by atoms with Crippen LogP contribution < -0.4 is 4.90 Å². The summed E-state index contributed by atoms with van der Waals surface area (Å²) in [6.45, 7) is 12.8. The monoisotopic (exact) mass is 446 g/mol. The van der Waals surface area contributed by atoms with E-state index in [0.717, 1.165) is 31.0 Å². The second-order valence-electron chi connectivity index (χ2n) is 10.2. The quantitative estimate of drug-likeness (QED) is 0.619. The van der Waals surface area contributed by atoms with Gasteiger partial charge in [0.25, 0.3) is 0 Å². The van der Waals surface area contributed by atoms with E-state index in [-0.39, 0.29) is 11.0 Å². The molecule has 0 aliphatic carbocycles. The van der Waals surface area contributed by atoms with E-state index in [9.17, 15) is 18.7 Å². The molecular weight excluding hydrogens is 414 g/mol. The maximum Gasteiger partial charge on any atom is 0.337 e. The third-order valence-corrected chi connectivity index (χ3v) is 5.90. The van der Waals surface area contributed by atoms with Gasteiger partial charge in [-0.1, -0.05) is 13.8 Å². The third kappa shape index (κ3) is 5.26. The van der Waals surface area contributed by atoms with Crippen LogP contribution in [-0.2, 0) is 9.53 Å². The van der Waals surface area contributed by atoms with Gasteiger partial charge in [0.05, 0.1) is 11.3 Å². The SMILES string of the molecule is Cc1ncc(-c2cc(F)ccc2F)c(N2CCC(C)(C)CC2)c1C(OC(C)(C)C)C(=O)O. The number of aromatic nitrogens is 1. The normalized spacial score (nSPS) is 17.3. The zero-order valence-electron chi connectivity index (χ0n) is 19.6. The number of aryl methyl sites for hydroxylation is 1. The maximum atomic E-state index is 14.8. The van der Waals surface area contributed by atoms with Crippen molar-refractivity contribution < 1.29 is 23.4 Å². The number of carbonyl (C=O) groups is 1. The summed E-state index contributed by atoms with van der Waals surface area (Å²) in [5, 5.41) is 10.1. The summed E-state index contributed by atoms with van der Waals surface area (Å²) in [5.74, 6) is -2.32. The van der Waals surface area contributed by atoms with Gasteiger partial charge in [-0.25, -0.2) is 13.6 Å². The minimum atomic E-state index is -1.30. The smallest absolute Gasteiger partial charge is 0.337 e. The highest BCUT2D eigenvalue weighted by Crippen LogP contribution is 2.44. The first-order valence-electron chi connectivity index (χ1n) is 10.9. The van der Waals surface area contributed by atoms with Gasteiger partial charge in [-0.3, -0.25) is 4.98 Å². The van der Waals surface area contributed by atoms with Crippen LogP contribution in [0.1, 0.15) is 64.8 Å². The average molecular weight is 447 g/mol. The molecule has 1 atom stereocenters. The van der Waals surface area contributed by atoms with Crippen LogP contribution in [-0.4, -0.2) is 34.8 Å². The number of nitrogens with zero attached hydrogens (tertiary/aromatic N) is 2. The van der Waals surface area contributed by atoms with Crippen LogP contribution in [0, 0.1) is 24.0 Å². The Bertz CT molecular complexity index is 1000. The molecule has 2 aromatic rings. The molecule has 2 heterocycles. The van der Waals surface area contributed by atoms with Crippen LogP contribution in [0.15, 0.2) is 24.4 Å². The minimum absolute atomic E-state index is 0.0541. The topological polar surface area (TPSA) is 62.7 Å². The molecule has 1 saturated heterocycles. The fraction of sp³-hybridized carbons (Fsp3) is 0.520. The predicted octanol–water partition coefficient (Wildman–Crippen LogP) is 5.90. The first kappa shape index (κ1) is 24.1. The Balaban J connectivity index is 2.28. The number of piperidine rings is 1. The molecule has 1 aromatic heterocycles. The van der Waals surface area contributed by atoms with Crippen molar-refractivity contribution in [3.05, 3.63) is 47.3 Å². The predicted molar refractivity (Wildman–Crippen MR) is 121 cm³/mol. The number of ether oxygens (including phenoxy) is 1. The van der Waals surface area contributed by atoms with E-state index >= 15 is 0 Å². The lowest BCUT2D eigenvalue weighted by atomic mass is 9.82. The van der Waals surface area contributed by atoms with Gasteiger partial charge >= 0.3 is 5.97 Å². The van der Waals surface area contributed by atoms with Crippen LogP contribution in [0.5, 0.6) is 0 Å². The van der Waals surface area contributed by atoms with Crippen molar-refractivity contribution in [3.63, 3.8) is 0 Å². The zero-order chi connectivity index (χ0) is 23.8. The van der Waals surface area contributed by atoms with Crippen molar-refractivity contribution in [3.8, 4) is 11.1 Å². The van der Waals surface area contributed by atoms with E-state index in [2.05, 4.69) is 23.7 Å². The zero-order valence-corrected chi connectivity index (χ0v) is 19.6. The highest BCUT2D eigenvalue weighted by atomic mass is 19.1. The van der Waals surface area contributed by atoms with Crippen molar-refractivity contribution >= 4 is 11.7 Å². The average Bonchev–Trinajstić information content (AvgIpc) is 2.67. The standard InChI is InChI=1S/C25H32F2N2O3/c1-15-20(22(23(30)31)32-24(2,3)4)21(29-11-9-25(5,6)10-12-29)18(14-28-15)17-13-16(26)7-8-19(17)27/h7-8,13-14,22H,9-12H2,1-6H3,(H,30,31). The number of hydrogen-bond acceptors (Lipinski definition) is 4. The van der Waals surface area contributed by atoms with Crippen molar-refractivity contribution in [2.45, 2.75) is 66.1 Å². The van der Waals surface area contributed by atoms with Crippen LogP contribution >= 0.6 is 0 Å². The van der Waals surface area contributed by atoms with Gasteiger partial charge in [0.1, 0.15) is 11.6 Å². The van der Waals surface area contributed by atoms with Crippen molar-refractivity contribution in [2.75, 3.05) is 18.0 Å². The molecule has 5 nitrogen and oxygen atoms in total. The lowest BCUT2D eigenvalue weighted by molar-refractivity contribution is -0.160. The number of rotatable bonds is 5. The van der Waals surface area contributed by atoms with Crippen molar-refractivity contribution in [1.29, 1.82) is 0 Å². The van der Waals surface area contributed by atoms with Gasteiger partial charge in [-0.2, -0.15) is 0 Å². The first-order valence-corrected chi connectivity index (χ1v) is 10.9. The van der Waals surface area contributed by atoms with Gasteiger partial charge < -0.3 is 14.7 Å². The number of carboxylic acid groups (broad SMARTS) is 1. The third-order valence-electron chi connectivity index (χ3n) is 5.90. The van der Waals surface area contributed by atoms with Crippen LogP contribution in [0.25, 0.3) is 11.1 Å². The van der Waals surface area contributed by atoms with Gasteiger partial charge in [0, 0.05) is 41.7 Å². The second kappa shape index (κ2) is 8.77. The van der Waals surface area contributed by atoms with Crippen LogP contribution in [0.2, 0.25) is 0 Å². The van der Waals surface area contributed by atoms with Crippen LogP contribution in [0.3, 0.4) is 0 Å². The molecule has 0 saturated carbocycles. The molecule has 1 unspecified atom stereocenters. The van der Waals surface area contributed by atoms with E-state index in [4.69, 9.17) is 4.74 Å². The van der Waals surface area contributed by atoms with Gasteiger partial charge in [-0.05, 0) is 64.2 Å². The summed E-state index contributed by atoms with van der Waals surface area (Å²) >= 11 is 0. The Morgan fingerprint density at radius 2 is 1.81 bits per heavy atom. The summed E-state index contributed by atoms with van der Waals surface area (Å²) in [6, 6.07) is 3.27. The molecule has 1 aromatic carbocycles. The Morgan fingerprint density at radius 3 is 2.38 bits per heavy atom. The largest absolute Gasteiger partial charge is 0.479 e. The van der Waals surface area contributed by atoms with Crippen molar-refractivity contribution in [2.24, 2.45) is 5.41 Å². The van der Waals surface area contributed by atoms with Gasteiger partial charge in [0.2, 0.25) is 0 Å². The van der Waals surface area contributed by atoms with Crippen molar-refractivity contribution in [1.82, 2.24) is 4.98 Å². The summed E-state index contributed by atoms with van der Waals surface area (Å²) in [6.07, 6.45) is 1.97. The molecule has 0 spiro atoms. The molecule has 0 bridgehead atoms. The van der Waals surface area contributed by atoms with E-state index in [1.807, 2.05) is 0 Å². The minimum Gasteiger partial charge on any atom is -0.479 e. The van der Waals surface area contributed by atoms with E-state index < -0.39 is 29.3 Å². The highest BCUT2D eigenvalue weighted by molar-refractivity contribution is 5.86. The summed E-state index contributed by atoms with van der Waals surface area (Å²) < 4.78 is 34.9. The highest BCUT2D eigenvalue weighted by Gasteiger charge is 2.36. The molecule has 7 heteroatoms. The van der Waals surface area contributed by atoms with Crippen LogP contribution in [0.4, 0.5) is 14.5 Å². The Labute approximate surface area is 188 Å². The van der Waals surface area contributed by atoms with E-state index in [0.29, 0.717) is 35.6 Å². The fourth-order valence-electron chi connectivity index (χ4n) is 4.09. The molecule has 1 N–H and O–H groups in total. The molecule has 1 aliphatic rings. The number of halogens is 2. The number of carboxylic acids is 1. The molecule has 1 fully saturated rings. The van der Waals surface area contributed by atoms with Gasteiger partial charge in [-0.15, -0.1) is 0 Å². The lowest BCUT2D eigenvalue weighted by Gasteiger charge is -2.41. The number of aliphatic carboxylic acids is 1. The van der Waals surface area contributed by atoms with E-state index in [1.54, 1.807) is 27.7 Å². The first-order chi connectivity index (χ1) is 14.8.